The number of unbranched alkanes of at least 4 members (excludes halogenated alkanes) is 1. The zero-order valence-electron chi connectivity index (χ0n) is 16.5. The molecule has 0 rings (SSSR count). The van der Waals surface area contributed by atoms with Gasteiger partial charge in [-0.15, -0.1) is 4.99 Å². The minimum atomic E-state index is -0.458. The predicted octanol–water partition coefficient (Wildman–Crippen LogP) is 4.15. The Morgan fingerprint density at radius 1 is 1.08 bits per heavy atom. The van der Waals surface area contributed by atoms with E-state index in [1.54, 1.807) is 4.90 Å². The van der Waals surface area contributed by atoms with Gasteiger partial charge in [0.15, 0.2) is 0 Å². The topological polar surface area (TPSA) is 83.0 Å². The molecule has 0 radical (unpaired) electrons. The lowest BCUT2D eigenvalue weighted by Crippen LogP contribution is -2.41. The summed E-state index contributed by atoms with van der Waals surface area (Å²) in [5.41, 5.74) is 0. The zero-order chi connectivity index (χ0) is 19.3. The molecule has 8 heteroatoms. The van der Waals surface area contributed by atoms with Crippen molar-refractivity contribution in [2.75, 3.05) is 19.7 Å². The molecule has 0 saturated carbocycles. The number of nitrogens with one attached hydrogen (secondary N) is 2. The van der Waals surface area contributed by atoms with Crippen molar-refractivity contribution in [2.24, 2.45) is 4.99 Å². The number of amidine groups is 1. The Balaban J connectivity index is 4.93. The van der Waals surface area contributed by atoms with Crippen molar-refractivity contribution in [2.45, 2.75) is 72.0 Å². The summed E-state index contributed by atoms with van der Waals surface area (Å²) in [6, 6.07) is -0.901. The molecular weight excluding hydrogens is 340 g/mol. The fourth-order valence-electron chi connectivity index (χ4n) is 1.73. The third-order valence-electron chi connectivity index (χ3n) is 2.86. The van der Waals surface area contributed by atoms with Crippen molar-refractivity contribution in [3.63, 3.8) is 0 Å². The Labute approximate surface area is 156 Å². The predicted molar refractivity (Wildman–Crippen MR) is 105 cm³/mol. The number of carbonyl (C=O) groups is 2. The van der Waals surface area contributed by atoms with Gasteiger partial charge in [0.05, 0.1) is 6.61 Å². The summed E-state index contributed by atoms with van der Waals surface area (Å²) >= 11 is 1.29. The van der Waals surface area contributed by atoms with Crippen LogP contribution >= 0.6 is 11.9 Å². The Bertz CT molecular complexity index is 430. The van der Waals surface area contributed by atoms with Crippen LogP contribution in [0.2, 0.25) is 0 Å². The van der Waals surface area contributed by atoms with E-state index in [2.05, 4.69) is 15.0 Å². The molecule has 0 spiro atoms. The van der Waals surface area contributed by atoms with Crippen LogP contribution < -0.4 is 10.0 Å². The van der Waals surface area contributed by atoms with E-state index in [9.17, 15) is 9.59 Å². The van der Waals surface area contributed by atoms with Gasteiger partial charge in [0.1, 0.15) is 0 Å². The first-order chi connectivity index (χ1) is 11.7. The first-order valence-electron chi connectivity index (χ1n) is 8.98. The van der Waals surface area contributed by atoms with Crippen molar-refractivity contribution in [3.05, 3.63) is 0 Å². The van der Waals surface area contributed by atoms with Gasteiger partial charge in [0.25, 0.3) is 0 Å². The first-order valence-corrected chi connectivity index (χ1v) is 9.80. The highest BCUT2D eigenvalue weighted by atomic mass is 32.2. The average Bonchev–Trinajstić information content (AvgIpc) is 2.52. The van der Waals surface area contributed by atoms with Crippen LogP contribution in [0.1, 0.15) is 67.2 Å². The number of hydrogen-bond acceptors (Lipinski definition) is 4. The molecule has 0 fully saturated rings. The van der Waals surface area contributed by atoms with Crippen LogP contribution in [0.15, 0.2) is 4.99 Å². The second-order valence-corrected chi connectivity index (χ2v) is 8.29. The molecule has 0 aromatic rings. The van der Waals surface area contributed by atoms with E-state index in [-0.39, 0.29) is 16.8 Å². The molecule has 0 bridgehead atoms. The molecule has 0 aromatic heterocycles. The van der Waals surface area contributed by atoms with Crippen LogP contribution in [0.5, 0.6) is 0 Å². The maximum atomic E-state index is 12.3. The fraction of sp³-hybridized carbons (Fsp3) is 0.824. The smallest absolute Gasteiger partial charge is 0.348 e. The van der Waals surface area contributed by atoms with E-state index >= 15 is 0 Å². The van der Waals surface area contributed by atoms with Crippen molar-refractivity contribution in [3.8, 4) is 0 Å². The zero-order valence-corrected chi connectivity index (χ0v) is 17.3. The molecule has 0 aromatic carbocycles. The van der Waals surface area contributed by atoms with E-state index in [1.807, 2.05) is 41.5 Å². The number of ether oxygens (including phenoxy) is 1. The lowest BCUT2D eigenvalue weighted by atomic mass is 10.3. The fourth-order valence-corrected chi connectivity index (χ4v) is 2.18. The Hall–Kier alpha value is -1.44. The Kier molecular flexibility index (Phi) is 12.1. The van der Waals surface area contributed by atoms with Crippen molar-refractivity contribution in [1.82, 2.24) is 14.9 Å². The largest absolute Gasteiger partial charge is 0.465 e. The molecule has 0 atom stereocenters. The summed E-state index contributed by atoms with van der Waals surface area (Å²) in [6.45, 7) is 13.7. The van der Waals surface area contributed by atoms with Crippen molar-refractivity contribution < 1.29 is 14.3 Å². The van der Waals surface area contributed by atoms with Crippen LogP contribution in [-0.4, -0.2) is 47.4 Å². The molecule has 7 nitrogen and oxygen atoms in total. The third kappa shape index (κ3) is 12.6. The van der Waals surface area contributed by atoms with Gasteiger partial charge in [-0.25, -0.2) is 9.59 Å². The van der Waals surface area contributed by atoms with E-state index in [0.717, 1.165) is 25.7 Å². The van der Waals surface area contributed by atoms with Crippen LogP contribution in [0.4, 0.5) is 9.59 Å². The number of urea groups is 2. The van der Waals surface area contributed by atoms with E-state index in [1.165, 1.54) is 11.9 Å². The molecule has 4 amide bonds. The lowest BCUT2D eigenvalue weighted by molar-refractivity contribution is 0.205. The maximum absolute atomic E-state index is 12.3. The average molecular weight is 375 g/mol. The normalized spacial score (nSPS) is 11.8. The van der Waals surface area contributed by atoms with E-state index in [4.69, 9.17) is 4.74 Å². The SMILES string of the molecule is CCCCOC(=NC(=O)N(CCC)CCC)NC(=O)NSC(C)(C)C. The highest BCUT2D eigenvalue weighted by Gasteiger charge is 2.17. The molecule has 0 aliphatic rings. The number of hydrogen-bond donors (Lipinski definition) is 2. The highest BCUT2D eigenvalue weighted by molar-refractivity contribution is 7.99. The highest BCUT2D eigenvalue weighted by Crippen LogP contribution is 2.18. The van der Waals surface area contributed by atoms with Gasteiger partial charge in [0, 0.05) is 17.8 Å². The quantitative estimate of drug-likeness (QED) is 0.289. The summed E-state index contributed by atoms with van der Waals surface area (Å²) in [4.78, 5) is 30.0. The molecule has 0 aliphatic heterocycles. The second-order valence-electron chi connectivity index (χ2n) is 6.66. The van der Waals surface area contributed by atoms with Gasteiger partial charge in [-0.05, 0) is 52.0 Å². The van der Waals surface area contributed by atoms with E-state index in [0.29, 0.717) is 19.7 Å². The van der Waals surface area contributed by atoms with E-state index < -0.39 is 6.03 Å². The Morgan fingerprint density at radius 2 is 1.68 bits per heavy atom. The Morgan fingerprint density at radius 3 is 2.16 bits per heavy atom. The van der Waals surface area contributed by atoms with Gasteiger partial charge in [-0.2, -0.15) is 0 Å². The monoisotopic (exact) mass is 374 g/mol. The first kappa shape index (κ1) is 23.6. The number of carbonyl (C=O) groups excluding carboxylic acids is 2. The lowest BCUT2D eigenvalue weighted by Gasteiger charge is -2.20. The number of aliphatic imine (C=N–C) groups is 1. The summed E-state index contributed by atoms with van der Waals surface area (Å²) in [5, 5.41) is 2.53. The standard InChI is InChI=1S/C17H34N4O3S/c1-7-10-13-24-15(18-14(22)20-25-17(4,5)6)19-16(23)21(11-8-2)12-9-3/h7-13H2,1-6H3,(H2,18,19,20,22,23). The third-order valence-corrected chi connectivity index (χ3v) is 3.76. The van der Waals surface area contributed by atoms with Crippen molar-refractivity contribution >= 4 is 30.0 Å². The van der Waals surface area contributed by atoms with Gasteiger partial charge in [-0.3, -0.25) is 10.0 Å². The molecule has 2 N–H and O–H groups in total. The molecule has 0 unspecified atom stereocenters. The number of amides is 4. The molecule has 0 heterocycles. The minimum absolute atomic E-state index is 0.0531. The van der Waals surface area contributed by atoms with Crippen LogP contribution in [0, 0.1) is 0 Å². The number of rotatable bonds is 8. The summed E-state index contributed by atoms with van der Waals surface area (Å²) in [5.74, 6) is 0. The van der Waals surface area contributed by atoms with Gasteiger partial charge >= 0.3 is 18.1 Å². The molecular formula is C17H34N4O3S. The minimum Gasteiger partial charge on any atom is -0.465 e. The number of nitrogens with zero attached hydrogens (tertiary/aromatic N) is 2. The van der Waals surface area contributed by atoms with Crippen LogP contribution in [0.25, 0.3) is 0 Å². The van der Waals surface area contributed by atoms with Gasteiger partial charge in [0.2, 0.25) is 0 Å². The maximum Gasteiger partial charge on any atom is 0.348 e. The van der Waals surface area contributed by atoms with Gasteiger partial charge < -0.3 is 9.64 Å². The molecule has 25 heavy (non-hydrogen) atoms. The van der Waals surface area contributed by atoms with Crippen molar-refractivity contribution in [1.29, 1.82) is 0 Å². The molecule has 0 saturated heterocycles. The van der Waals surface area contributed by atoms with Gasteiger partial charge in [-0.1, -0.05) is 27.2 Å². The summed E-state index contributed by atoms with van der Waals surface area (Å²) in [6.07, 6.45) is 3.47. The molecule has 146 valence electrons. The summed E-state index contributed by atoms with van der Waals surface area (Å²) in [7, 11) is 0. The second kappa shape index (κ2) is 12.9. The molecule has 0 aliphatic carbocycles. The summed E-state index contributed by atoms with van der Waals surface area (Å²) < 4.78 is 8.04. The van der Waals surface area contributed by atoms with Crippen LogP contribution in [0.3, 0.4) is 0 Å². The van der Waals surface area contributed by atoms with Crippen LogP contribution in [-0.2, 0) is 4.74 Å².